The highest BCUT2D eigenvalue weighted by Gasteiger charge is 2.46. The van der Waals surface area contributed by atoms with Crippen LogP contribution < -0.4 is 4.58 Å². The molecule has 0 N–H and O–H groups in total. The number of benzene rings is 4. The Kier molecular flexibility index (Phi) is 4.80. The Bertz CT molecular complexity index is 2230. The summed E-state index contributed by atoms with van der Waals surface area (Å²) in [6.45, 7) is 9.33. The maximum Gasteiger partial charge on any atom is 0.215 e. The molecular formula is C40H33N2O+. The van der Waals surface area contributed by atoms with Crippen molar-refractivity contribution in [2.75, 3.05) is 0 Å². The molecule has 9 rings (SSSR count). The van der Waals surface area contributed by atoms with Crippen LogP contribution in [0.15, 0.2) is 126 Å². The number of hydrogen-bond acceptors (Lipinski definition) is 1. The molecule has 208 valence electrons. The van der Waals surface area contributed by atoms with E-state index in [0.717, 1.165) is 5.69 Å². The summed E-state index contributed by atoms with van der Waals surface area (Å²) < 4.78 is 10.6. The first-order valence-electron chi connectivity index (χ1n) is 15.2. The van der Waals surface area contributed by atoms with Crippen molar-refractivity contribution in [3.8, 4) is 16.8 Å². The van der Waals surface area contributed by atoms with Gasteiger partial charge in [0.15, 0.2) is 5.71 Å². The quantitative estimate of drug-likeness (QED) is 0.194. The third-order valence-electron chi connectivity index (χ3n) is 10.4. The van der Waals surface area contributed by atoms with Crippen molar-refractivity contribution in [2.45, 2.75) is 38.5 Å². The highest BCUT2D eigenvalue weighted by atomic mass is 16.3. The van der Waals surface area contributed by atoms with E-state index < -0.39 is 0 Å². The fraction of sp³-hybridized carbons (Fsp3) is 0.175. The molecule has 4 heterocycles. The summed E-state index contributed by atoms with van der Waals surface area (Å²) in [5, 5.41) is 2.56. The van der Waals surface area contributed by atoms with Crippen LogP contribution in [0.4, 0.5) is 11.4 Å². The molecule has 4 aromatic carbocycles. The molecule has 2 aliphatic heterocycles. The van der Waals surface area contributed by atoms with Gasteiger partial charge in [-0.3, -0.25) is 0 Å². The van der Waals surface area contributed by atoms with Gasteiger partial charge in [0, 0.05) is 57.0 Å². The zero-order valence-electron chi connectivity index (χ0n) is 24.9. The van der Waals surface area contributed by atoms with E-state index >= 15 is 0 Å². The molecule has 0 amide bonds. The van der Waals surface area contributed by atoms with E-state index in [4.69, 9.17) is 4.42 Å². The maximum atomic E-state index is 5.77. The van der Waals surface area contributed by atoms with Gasteiger partial charge in [-0.25, -0.2) is 0 Å². The van der Waals surface area contributed by atoms with Gasteiger partial charge in [-0.1, -0.05) is 88.4 Å². The molecule has 0 spiro atoms. The van der Waals surface area contributed by atoms with Crippen molar-refractivity contribution >= 4 is 38.9 Å². The second kappa shape index (κ2) is 8.35. The first-order valence-corrected chi connectivity index (χ1v) is 15.2. The molecule has 3 nitrogen and oxygen atoms in total. The van der Waals surface area contributed by atoms with Gasteiger partial charge < -0.3 is 8.98 Å². The van der Waals surface area contributed by atoms with Gasteiger partial charge in [0.05, 0.1) is 28.9 Å². The van der Waals surface area contributed by atoms with Crippen LogP contribution in [-0.4, -0.2) is 10.3 Å². The SMILES string of the molecule is CC1(C)c2cocc2-n2c3ccc(-c4ccc([N+]5=C6C=CC=CC6C(C)(C)c6ccccc65)cc4)cc3c3cccc1c32. The maximum absolute atomic E-state index is 5.77. The largest absolute Gasteiger partial charge is 0.470 e. The predicted octanol–water partition coefficient (Wildman–Crippen LogP) is 9.99. The molecule has 0 saturated heterocycles. The second-order valence-electron chi connectivity index (χ2n) is 13.3. The normalized spacial score (nSPS) is 19.0. The van der Waals surface area contributed by atoms with Gasteiger partial charge in [-0.2, -0.15) is 4.58 Å². The van der Waals surface area contributed by atoms with Crippen LogP contribution in [0.3, 0.4) is 0 Å². The van der Waals surface area contributed by atoms with Crippen molar-refractivity contribution < 1.29 is 4.42 Å². The molecule has 1 aliphatic carbocycles. The van der Waals surface area contributed by atoms with E-state index in [9.17, 15) is 0 Å². The van der Waals surface area contributed by atoms with Gasteiger partial charge in [0.2, 0.25) is 11.4 Å². The smallest absolute Gasteiger partial charge is 0.215 e. The van der Waals surface area contributed by atoms with E-state index in [1.807, 2.05) is 12.5 Å². The minimum atomic E-state index is -0.118. The van der Waals surface area contributed by atoms with E-state index in [1.54, 1.807) is 0 Å². The standard InChI is InChI=1S/C40H33N2O/c1-39(2)30-11-5-7-14-35(30)41(36-15-8-6-12-31(36)39)27-19-16-25(17-20-27)26-18-21-34-29(22-26)28-10-9-13-32-38(28)42(34)37-24-43-23-33(37)40(32,3)4/h5-24,30H,1-4H3/q+1. The molecule has 6 aromatic rings. The van der Waals surface area contributed by atoms with Gasteiger partial charge in [0.25, 0.3) is 0 Å². The Morgan fingerprint density at radius 3 is 2.37 bits per heavy atom. The Hall–Kier alpha value is -4.89. The third kappa shape index (κ3) is 3.17. The van der Waals surface area contributed by atoms with Crippen LogP contribution in [0.5, 0.6) is 0 Å². The zero-order chi connectivity index (χ0) is 29.1. The van der Waals surface area contributed by atoms with Gasteiger partial charge in [0.1, 0.15) is 6.26 Å². The lowest BCUT2D eigenvalue weighted by Gasteiger charge is -2.36. The number of rotatable bonds is 2. The Balaban J connectivity index is 1.19. The van der Waals surface area contributed by atoms with Crippen molar-refractivity contribution in [1.82, 2.24) is 9.14 Å². The molecule has 0 fully saturated rings. The summed E-state index contributed by atoms with van der Waals surface area (Å²) in [4.78, 5) is 0. The van der Waals surface area contributed by atoms with Crippen molar-refractivity contribution in [2.24, 2.45) is 5.92 Å². The average molecular weight is 558 g/mol. The van der Waals surface area contributed by atoms with Crippen LogP contribution in [0, 0.1) is 5.92 Å². The number of furan rings is 1. The zero-order valence-corrected chi connectivity index (χ0v) is 24.9. The highest BCUT2D eigenvalue weighted by molar-refractivity contribution is 6.12. The monoisotopic (exact) mass is 557 g/mol. The molecule has 2 aromatic heterocycles. The minimum Gasteiger partial charge on any atom is -0.470 e. The number of para-hydroxylation sites is 2. The van der Waals surface area contributed by atoms with E-state index in [0.29, 0.717) is 5.92 Å². The molecular weight excluding hydrogens is 524 g/mol. The van der Waals surface area contributed by atoms with E-state index in [-0.39, 0.29) is 10.8 Å². The Morgan fingerprint density at radius 1 is 0.721 bits per heavy atom. The lowest BCUT2D eigenvalue weighted by Crippen LogP contribution is -2.42. The molecule has 1 unspecified atom stereocenters. The van der Waals surface area contributed by atoms with Crippen molar-refractivity contribution in [3.05, 3.63) is 138 Å². The lowest BCUT2D eigenvalue weighted by molar-refractivity contribution is 0.451. The number of fused-ring (bicyclic) bond motifs is 7. The van der Waals surface area contributed by atoms with E-state index in [2.05, 4.69) is 146 Å². The van der Waals surface area contributed by atoms with Gasteiger partial charge in [-0.05, 0) is 41.0 Å². The van der Waals surface area contributed by atoms with Crippen LogP contribution in [0.2, 0.25) is 0 Å². The summed E-state index contributed by atoms with van der Waals surface area (Å²) in [6, 6.07) is 31.6. The fourth-order valence-corrected chi connectivity index (χ4v) is 8.05. The molecule has 1 atom stereocenters. The Morgan fingerprint density at radius 2 is 1.51 bits per heavy atom. The first kappa shape index (κ1) is 24.7. The van der Waals surface area contributed by atoms with Crippen molar-refractivity contribution in [3.63, 3.8) is 0 Å². The summed E-state index contributed by atoms with van der Waals surface area (Å²) in [5.74, 6) is 0.319. The highest BCUT2D eigenvalue weighted by Crippen LogP contribution is 2.49. The Labute approximate surface area is 251 Å². The summed E-state index contributed by atoms with van der Waals surface area (Å²) in [7, 11) is 0. The molecule has 0 saturated carbocycles. The number of nitrogens with zero attached hydrogens (tertiary/aromatic N) is 2. The van der Waals surface area contributed by atoms with Crippen LogP contribution in [0.25, 0.3) is 38.6 Å². The third-order valence-corrected chi connectivity index (χ3v) is 10.4. The van der Waals surface area contributed by atoms with Crippen LogP contribution in [-0.2, 0) is 10.8 Å². The molecule has 3 heteroatoms. The number of allylic oxidation sites excluding steroid dienone is 4. The van der Waals surface area contributed by atoms with Crippen molar-refractivity contribution in [1.29, 1.82) is 0 Å². The lowest BCUT2D eigenvalue weighted by atomic mass is 9.67. The van der Waals surface area contributed by atoms with Crippen LogP contribution >= 0.6 is 0 Å². The summed E-state index contributed by atoms with van der Waals surface area (Å²) in [5.41, 5.74) is 13.7. The van der Waals surface area contributed by atoms with Crippen LogP contribution in [0.1, 0.15) is 44.4 Å². The minimum absolute atomic E-state index is 0.0198. The molecule has 0 radical (unpaired) electrons. The topological polar surface area (TPSA) is 21.1 Å². The summed E-state index contributed by atoms with van der Waals surface area (Å²) >= 11 is 0. The van der Waals surface area contributed by atoms with Gasteiger partial charge in [-0.15, -0.1) is 0 Å². The molecule has 0 bridgehead atoms. The molecule has 3 aliphatic rings. The second-order valence-corrected chi connectivity index (χ2v) is 13.3. The first-order chi connectivity index (χ1) is 20.9. The number of hydrogen-bond donors (Lipinski definition) is 0. The van der Waals surface area contributed by atoms with Gasteiger partial charge >= 0.3 is 0 Å². The predicted molar refractivity (Wildman–Crippen MR) is 178 cm³/mol. The molecule has 43 heavy (non-hydrogen) atoms. The summed E-state index contributed by atoms with van der Waals surface area (Å²) in [6.07, 6.45) is 12.8. The fourth-order valence-electron chi connectivity index (χ4n) is 8.05. The van der Waals surface area contributed by atoms with E-state index in [1.165, 1.54) is 66.7 Å². The number of aromatic nitrogens is 1. The average Bonchev–Trinajstić information content (AvgIpc) is 3.65.